The van der Waals surface area contributed by atoms with Gasteiger partial charge in [0.05, 0.1) is 12.0 Å². The van der Waals surface area contributed by atoms with Gasteiger partial charge in [-0.2, -0.15) is 0 Å². The Bertz CT molecular complexity index is 480. The molecule has 0 aliphatic carbocycles. The Morgan fingerprint density at radius 1 is 1.35 bits per heavy atom. The highest BCUT2D eigenvalue weighted by molar-refractivity contribution is 7.72. The van der Waals surface area contributed by atoms with Gasteiger partial charge in [-0.25, -0.2) is 4.98 Å². The molecule has 1 aromatic rings. The minimum atomic E-state index is -5.20. The van der Waals surface area contributed by atoms with E-state index >= 15 is 0 Å². The maximum atomic E-state index is 11.2. The summed E-state index contributed by atoms with van der Waals surface area (Å²) in [5.41, 5.74) is 5.30. The van der Waals surface area contributed by atoms with E-state index in [0.29, 0.717) is 0 Å². The van der Waals surface area contributed by atoms with Crippen molar-refractivity contribution < 1.29 is 28.7 Å². The van der Waals surface area contributed by atoms with Crippen molar-refractivity contribution >= 4 is 15.2 Å². The van der Waals surface area contributed by atoms with Crippen LogP contribution < -0.4 is 5.73 Å². The van der Waals surface area contributed by atoms with E-state index in [1.165, 1.54) is 17.1 Å². The van der Waals surface area contributed by atoms with E-state index in [4.69, 9.17) is 25.3 Å². The highest BCUT2D eigenvalue weighted by Crippen LogP contribution is 2.66. The van der Waals surface area contributed by atoms with Gasteiger partial charge in [-0.05, 0) is 0 Å². The smallest absolute Gasteiger partial charge is 0.340 e. The molecule has 0 bridgehead atoms. The normalized spacial score (nSPS) is 14.0. The van der Waals surface area contributed by atoms with Crippen molar-refractivity contribution in [3.05, 3.63) is 18.2 Å². The first-order valence-electron chi connectivity index (χ1n) is 4.34. The van der Waals surface area contributed by atoms with Crippen LogP contribution in [0.25, 0.3) is 0 Å². The third-order valence-corrected chi connectivity index (χ3v) is 6.11. The molecule has 6 N–H and O–H groups in total. The van der Waals surface area contributed by atoms with Crippen LogP contribution in [-0.4, -0.2) is 34.1 Å². The second kappa shape index (κ2) is 4.29. The van der Waals surface area contributed by atoms with E-state index in [1.54, 1.807) is 7.05 Å². The highest BCUT2D eigenvalue weighted by Gasteiger charge is 2.57. The first-order valence-corrected chi connectivity index (χ1v) is 7.57. The second-order valence-corrected chi connectivity index (χ2v) is 7.80. The molecule has 0 amide bonds. The Labute approximate surface area is 96.6 Å². The van der Waals surface area contributed by atoms with Crippen molar-refractivity contribution in [3.8, 4) is 0 Å². The molecule has 0 radical (unpaired) electrons. The van der Waals surface area contributed by atoms with Crippen molar-refractivity contribution in [1.82, 2.24) is 9.55 Å². The molecule has 17 heavy (non-hydrogen) atoms. The molecule has 0 atom stereocenters. The molecular weight excluding hydrogens is 272 g/mol. The van der Waals surface area contributed by atoms with Crippen molar-refractivity contribution in [2.24, 2.45) is 12.8 Å². The van der Waals surface area contributed by atoms with Crippen LogP contribution in [0.3, 0.4) is 0 Å². The molecule has 98 valence electrons. The first kappa shape index (κ1) is 14.5. The molecular formula is C6H13N3O6P2. The number of rotatable bonds is 4. The summed E-state index contributed by atoms with van der Waals surface area (Å²) in [6.45, 7) is 0. The van der Waals surface area contributed by atoms with E-state index in [2.05, 4.69) is 4.98 Å². The maximum Gasteiger partial charge on any atom is 0.358 e. The minimum absolute atomic E-state index is 0.0849. The molecule has 1 aromatic heterocycles. The van der Waals surface area contributed by atoms with Crippen LogP contribution in [0.4, 0.5) is 0 Å². The molecule has 0 saturated heterocycles. The molecule has 0 aliphatic heterocycles. The van der Waals surface area contributed by atoms with E-state index < -0.39 is 26.6 Å². The zero-order valence-electron chi connectivity index (χ0n) is 8.83. The van der Waals surface area contributed by atoms with E-state index in [1.807, 2.05) is 0 Å². The summed E-state index contributed by atoms with van der Waals surface area (Å²) in [4.78, 5) is 39.7. The van der Waals surface area contributed by atoms with Gasteiger partial charge in [-0.3, -0.25) is 9.13 Å². The average molecular weight is 285 g/mol. The monoisotopic (exact) mass is 285 g/mol. The summed E-state index contributed by atoms with van der Waals surface area (Å²) in [6, 6.07) is 0. The summed E-state index contributed by atoms with van der Waals surface area (Å²) in [7, 11) is -8.80. The molecule has 0 aromatic carbocycles. The van der Waals surface area contributed by atoms with Crippen LogP contribution in [0.1, 0.15) is 5.69 Å². The predicted molar refractivity (Wildman–Crippen MR) is 57.9 cm³/mol. The largest absolute Gasteiger partial charge is 0.358 e. The predicted octanol–water partition coefficient (Wildman–Crippen LogP) is -1.07. The van der Waals surface area contributed by atoms with Crippen LogP contribution in [-0.2, 0) is 22.6 Å². The van der Waals surface area contributed by atoms with Gasteiger partial charge in [0.1, 0.15) is 0 Å². The number of hydrogen-bond acceptors (Lipinski definition) is 4. The molecule has 0 fully saturated rings. The molecule has 0 aliphatic rings. The van der Waals surface area contributed by atoms with E-state index in [9.17, 15) is 9.13 Å². The molecule has 1 rings (SSSR count). The Balaban J connectivity index is 3.19. The quantitative estimate of drug-likeness (QED) is 0.437. The lowest BCUT2D eigenvalue weighted by Crippen LogP contribution is -2.41. The third kappa shape index (κ3) is 2.83. The zero-order valence-corrected chi connectivity index (χ0v) is 10.6. The topological polar surface area (TPSA) is 159 Å². The Morgan fingerprint density at radius 3 is 2.12 bits per heavy atom. The van der Waals surface area contributed by atoms with Gasteiger partial charge >= 0.3 is 15.2 Å². The van der Waals surface area contributed by atoms with Crippen molar-refractivity contribution in [2.75, 3.05) is 0 Å². The van der Waals surface area contributed by atoms with Crippen LogP contribution in [0.15, 0.2) is 12.5 Å². The van der Waals surface area contributed by atoms with Crippen LogP contribution in [0.2, 0.25) is 0 Å². The molecule has 1 heterocycles. The SMILES string of the molecule is Cn1cnc(CC(N)(P(=O)(O)O)P(=O)(O)O)c1. The van der Waals surface area contributed by atoms with Gasteiger partial charge < -0.3 is 29.9 Å². The summed E-state index contributed by atoms with van der Waals surface area (Å²) in [6.07, 6.45) is 1.98. The van der Waals surface area contributed by atoms with Crippen molar-refractivity contribution in [1.29, 1.82) is 0 Å². The lowest BCUT2D eigenvalue weighted by atomic mass is 10.3. The van der Waals surface area contributed by atoms with Gasteiger partial charge in [-0.15, -0.1) is 0 Å². The second-order valence-electron chi connectivity index (χ2n) is 3.67. The highest BCUT2D eigenvalue weighted by atomic mass is 31.2. The zero-order chi connectivity index (χ0) is 13.5. The van der Waals surface area contributed by atoms with Crippen molar-refractivity contribution in [2.45, 2.75) is 11.4 Å². The van der Waals surface area contributed by atoms with Gasteiger partial charge in [0.25, 0.3) is 0 Å². The standard InChI is InChI=1S/C6H13N3O6P2/c1-9-3-5(8-4-9)2-6(7,16(10,11)12)17(13,14)15/h3-4H,2,7H2,1H3,(H2,10,11,12)(H2,13,14,15). The van der Waals surface area contributed by atoms with Crippen LogP contribution in [0, 0.1) is 0 Å². The maximum absolute atomic E-state index is 11.2. The van der Waals surface area contributed by atoms with Gasteiger partial charge in [0.2, 0.25) is 5.02 Å². The number of aryl methyl sites for hydroxylation is 1. The third-order valence-electron chi connectivity index (χ3n) is 2.21. The number of imidazole rings is 1. The lowest BCUT2D eigenvalue weighted by Gasteiger charge is -2.29. The molecule has 0 saturated carbocycles. The van der Waals surface area contributed by atoms with Crippen molar-refractivity contribution in [3.63, 3.8) is 0 Å². The summed E-state index contributed by atoms with van der Waals surface area (Å²) in [5.74, 6) is 0. The summed E-state index contributed by atoms with van der Waals surface area (Å²) >= 11 is 0. The fourth-order valence-corrected chi connectivity index (χ4v) is 3.29. The molecule has 11 heteroatoms. The number of aromatic nitrogens is 2. The van der Waals surface area contributed by atoms with Gasteiger partial charge in [0.15, 0.2) is 0 Å². The Kier molecular flexibility index (Phi) is 3.67. The van der Waals surface area contributed by atoms with Gasteiger partial charge in [0, 0.05) is 19.7 Å². The number of hydrogen-bond donors (Lipinski definition) is 5. The van der Waals surface area contributed by atoms with E-state index in [0.717, 1.165) is 0 Å². The molecule has 0 unspecified atom stereocenters. The fourth-order valence-electron chi connectivity index (χ4n) is 1.20. The molecule has 9 nitrogen and oxygen atoms in total. The van der Waals surface area contributed by atoms with Gasteiger partial charge in [-0.1, -0.05) is 0 Å². The number of nitrogens with zero attached hydrogens (tertiary/aromatic N) is 2. The van der Waals surface area contributed by atoms with Crippen LogP contribution in [0.5, 0.6) is 0 Å². The summed E-state index contributed by atoms with van der Waals surface area (Å²) in [5, 5.41) is -2.95. The Hall–Kier alpha value is -0.530. The lowest BCUT2D eigenvalue weighted by molar-refractivity contribution is 0.307. The summed E-state index contributed by atoms with van der Waals surface area (Å²) < 4.78 is 23.8. The number of nitrogens with two attached hydrogens (primary N) is 1. The van der Waals surface area contributed by atoms with E-state index in [-0.39, 0.29) is 5.69 Å². The average Bonchev–Trinajstić information content (AvgIpc) is 2.47. The van der Waals surface area contributed by atoms with Crippen LogP contribution >= 0.6 is 15.2 Å². The fraction of sp³-hybridized carbons (Fsp3) is 0.500. The Morgan fingerprint density at radius 2 is 1.82 bits per heavy atom. The first-order chi connectivity index (χ1) is 7.47. The molecule has 0 spiro atoms. The minimum Gasteiger partial charge on any atom is -0.340 e.